The highest BCUT2D eigenvalue weighted by Gasteiger charge is 2.19. The van der Waals surface area contributed by atoms with Crippen LogP contribution in [0.25, 0.3) is 11.0 Å². The van der Waals surface area contributed by atoms with Crippen LogP contribution in [0.1, 0.15) is 11.4 Å². The Balaban J connectivity index is 1.45. The summed E-state index contributed by atoms with van der Waals surface area (Å²) in [6.07, 6.45) is 2.39. The Morgan fingerprint density at radius 3 is 2.58 bits per heavy atom. The monoisotopic (exact) mass is 504 g/mol. The molecule has 0 spiro atoms. The topological polar surface area (TPSA) is 86.4 Å². The molecular weight excluding hydrogens is 471 g/mol. The van der Waals surface area contributed by atoms with Crippen molar-refractivity contribution in [3.05, 3.63) is 66.1 Å². The van der Waals surface area contributed by atoms with Crippen molar-refractivity contribution in [1.29, 1.82) is 0 Å². The Morgan fingerprint density at radius 1 is 1.06 bits per heavy atom. The van der Waals surface area contributed by atoms with Crippen LogP contribution in [0.15, 0.2) is 54.7 Å². The maximum atomic E-state index is 12.9. The van der Waals surface area contributed by atoms with Crippen LogP contribution in [0.4, 0.5) is 17.2 Å². The minimum absolute atomic E-state index is 0.531. The highest BCUT2D eigenvalue weighted by molar-refractivity contribution is 7.70. The molecule has 0 bridgehead atoms. The molecule has 1 aliphatic rings. The molecule has 1 fully saturated rings. The van der Waals surface area contributed by atoms with Crippen molar-refractivity contribution < 1.29 is 9.30 Å². The predicted molar refractivity (Wildman–Crippen MR) is 148 cm³/mol. The van der Waals surface area contributed by atoms with Crippen molar-refractivity contribution in [1.82, 2.24) is 19.9 Å². The van der Waals surface area contributed by atoms with Crippen molar-refractivity contribution >= 4 is 40.7 Å². The van der Waals surface area contributed by atoms with Gasteiger partial charge in [0.1, 0.15) is 24.2 Å². The summed E-state index contributed by atoms with van der Waals surface area (Å²) in [7, 11) is 1.39. The second kappa shape index (κ2) is 9.96. The summed E-state index contributed by atoms with van der Waals surface area (Å²) in [5.74, 6) is 2.18. The van der Waals surface area contributed by atoms with Crippen LogP contribution in [-0.2, 0) is 11.0 Å². The lowest BCUT2D eigenvalue weighted by Gasteiger charge is -2.34. The van der Waals surface area contributed by atoms with Gasteiger partial charge in [-0.3, -0.25) is 0 Å². The van der Waals surface area contributed by atoms with Crippen LogP contribution < -0.4 is 20.3 Å². The molecule has 0 aliphatic carbocycles. The van der Waals surface area contributed by atoms with E-state index in [2.05, 4.69) is 45.3 Å². The van der Waals surface area contributed by atoms with E-state index in [1.54, 1.807) is 20.4 Å². The van der Waals surface area contributed by atoms with Crippen LogP contribution >= 0.6 is 7.14 Å². The first-order valence-corrected chi connectivity index (χ1v) is 14.8. The maximum absolute atomic E-state index is 12.9. The standard InChI is InChI=1S/C27H33N6O2P/c1-32-13-15-33(16-14-32)20-10-9-19(23(18-20)35-2)17-25-29-22-11-12-28-26(22)27(31-25)30-21-7-5-6-8-24(21)36(3,4)34/h5-12,18,28H,13-17H2,1-4H3,(H,29,30,31). The fourth-order valence-electron chi connectivity index (χ4n) is 4.65. The number of aromatic nitrogens is 3. The summed E-state index contributed by atoms with van der Waals surface area (Å²) in [5, 5.41) is 4.22. The average molecular weight is 505 g/mol. The Labute approximate surface area is 212 Å². The number of methoxy groups -OCH3 is 1. The molecule has 0 radical (unpaired) electrons. The van der Waals surface area contributed by atoms with Gasteiger partial charge in [-0.1, -0.05) is 18.2 Å². The number of nitrogens with one attached hydrogen (secondary N) is 2. The fraction of sp³-hybridized carbons (Fsp3) is 0.333. The van der Waals surface area contributed by atoms with Gasteiger partial charge in [-0.05, 0) is 44.6 Å². The van der Waals surface area contributed by atoms with Gasteiger partial charge >= 0.3 is 0 Å². The number of anilines is 3. The van der Waals surface area contributed by atoms with Crippen LogP contribution in [0, 0.1) is 0 Å². The number of benzene rings is 2. The molecular formula is C27H33N6O2P. The first-order chi connectivity index (χ1) is 17.3. The van der Waals surface area contributed by atoms with Gasteiger partial charge in [-0.2, -0.15) is 0 Å². The van der Waals surface area contributed by atoms with Gasteiger partial charge in [0.2, 0.25) is 0 Å². The van der Waals surface area contributed by atoms with E-state index >= 15 is 0 Å². The fourth-order valence-corrected chi connectivity index (χ4v) is 5.81. The third-order valence-electron chi connectivity index (χ3n) is 6.68. The molecule has 2 aromatic heterocycles. The number of para-hydroxylation sites is 1. The summed E-state index contributed by atoms with van der Waals surface area (Å²) in [6.45, 7) is 7.68. The van der Waals surface area contributed by atoms with E-state index in [9.17, 15) is 4.57 Å². The zero-order valence-electron chi connectivity index (χ0n) is 21.3. The summed E-state index contributed by atoms with van der Waals surface area (Å²) in [6, 6.07) is 16.0. The summed E-state index contributed by atoms with van der Waals surface area (Å²) in [4.78, 5) is 17.6. The highest BCUT2D eigenvalue weighted by atomic mass is 31.2. The smallest absolute Gasteiger partial charge is 0.158 e. The SMILES string of the molecule is COc1cc(N2CCN(C)CC2)ccc1Cc1nc(Nc2ccccc2P(C)(C)=O)c2[nH]ccc2n1. The lowest BCUT2D eigenvalue weighted by molar-refractivity contribution is 0.312. The number of piperazine rings is 1. The van der Waals surface area contributed by atoms with Crippen molar-refractivity contribution in [3.8, 4) is 5.75 Å². The van der Waals surface area contributed by atoms with Crippen molar-refractivity contribution in [2.75, 3.05) is 63.9 Å². The molecule has 0 saturated carbocycles. The maximum Gasteiger partial charge on any atom is 0.158 e. The van der Waals surface area contributed by atoms with Gasteiger partial charge in [-0.25, -0.2) is 9.97 Å². The minimum atomic E-state index is -2.48. The zero-order chi connectivity index (χ0) is 25.3. The van der Waals surface area contributed by atoms with Gasteiger partial charge in [-0.15, -0.1) is 0 Å². The van der Waals surface area contributed by atoms with Crippen LogP contribution in [0.5, 0.6) is 5.75 Å². The number of likely N-dealkylation sites (N-methyl/N-ethyl adjacent to an activating group) is 1. The van der Waals surface area contributed by atoms with Crippen LogP contribution in [-0.4, -0.2) is 73.5 Å². The number of aromatic amines is 1. The van der Waals surface area contributed by atoms with Crippen molar-refractivity contribution in [3.63, 3.8) is 0 Å². The number of rotatable bonds is 7. The Morgan fingerprint density at radius 2 is 1.83 bits per heavy atom. The molecule has 9 heteroatoms. The van der Waals surface area contributed by atoms with Gasteiger partial charge in [0.25, 0.3) is 0 Å². The number of ether oxygens (including phenoxy) is 1. The lowest BCUT2D eigenvalue weighted by Crippen LogP contribution is -2.44. The molecule has 0 unspecified atom stereocenters. The van der Waals surface area contributed by atoms with E-state index in [4.69, 9.17) is 14.7 Å². The molecule has 0 atom stereocenters. The van der Waals surface area contributed by atoms with Crippen molar-refractivity contribution in [2.24, 2.45) is 0 Å². The van der Waals surface area contributed by atoms with E-state index < -0.39 is 7.14 Å². The normalized spacial score (nSPS) is 14.8. The third-order valence-corrected chi connectivity index (χ3v) is 8.23. The molecule has 36 heavy (non-hydrogen) atoms. The Hall–Kier alpha value is -3.35. The van der Waals surface area contributed by atoms with Crippen LogP contribution in [0.3, 0.4) is 0 Å². The molecule has 1 aliphatic heterocycles. The molecule has 5 rings (SSSR count). The second-order valence-electron chi connectivity index (χ2n) is 9.68. The first kappa shape index (κ1) is 24.3. The Bertz CT molecular complexity index is 1420. The molecule has 3 heterocycles. The third kappa shape index (κ3) is 5.11. The number of fused-ring (bicyclic) bond motifs is 1. The Kier molecular flexibility index (Phi) is 6.73. The summed E-state index contributed by atoms with van der Waals surface area (Å²) >= 11 is 0. The number of H-pyrrole nitrogens is 1. The number of hydrogen-bond donors (Lipinski definition) is 2. The van der Waals surface area contributed by atoms with Gasteiger partial charge in [0, 0.05) is 61.4 Å². The second-order valence-corrected chi connectivity index (χ2v) is 12.9. The summed E-state index contributed by atoms with van der Waals surface area (Å²) in [5.41, 5.74) is 4.63. The highest BCUT2D eigenvalue weighted by Crippen LogP contribution is 2.38. The van der Waals surface area contributed by atoms with E-state index in [0.29, 0.717) is 18.1 Å². The summed E-state index contributed by atoms with van der Waals surface area (Å²) < 4.78 is 18.7. The number of hydrogen-bond acceptors (Lipinski definition) is 7. The molecule has 2 N–H and O–H groups in total. The van der Waals surface area contributed by atoms with Gasteiger partial charge in [0.15, 0.2) is 5.82 Å². The first-order valence-electron chi connectivity index (χ1n) is 12.2. The lowest BCUT2D eigenvalue weighted by atomic mass is 10.1. The van der Waals surface area contributed by atoms with Crippen molar-refractivity contribution in [2.45, 2.75) is 6.42 Å². The van der Waals surface area contributed by atoms with Gasteiger partial charge < -0.3 is 29.4 Å². The zero-order valence-corrected chi connectivity index (χ0v) is 22.2. The van der Waals surface area contributed by atoms with Gasteiger partial charge in [0.05, 0.1) is 18.3 Å². The van der Waals surface area contributed by atoms with Crippen LogP contribution in [0.2, 0.25) is 0 Å². The minimum Gasteiger partial charge on any atom is -0.496 e. The van der Waals surface area contributed by atoms with E-state index in [0.717, 1.165) is 59.5 Å². The molecule has 1 saturated heterocycles. The largest absolute Gasteiger partial charge is 0.496 e. The predicted octanol–water partition coefficient (Wildman–Crippen LogP) is 4.30. The molecule has 8 nitrogen and oxygen atoms in total. The van der Waals surface area contributed by atoms with E-state index in [-0.39, 0.29) is 0 Å². The molecule has 188 valence electrons. The molecule has 4 aromatic rings. The van der Waals surface area contributed by atoms with E-state index in [1.807, 2.05) is 36.5 Å². The number of nitrogens with zero attached hydrogens (tertiary/aromatic N) is 4. The molecule has 2 aromatic carbocycles. The average Bonchev–Trinajstić information content (AvgIpc) is 3.34. The molecule has 0 amide bonds. The quantitative estimate of drug-likeness (QED) is 0.363. The van der Waals surface area contributed by atoms with E-state index in [1.165, 1.54) is 5.69 Å².